The van der Waals surface area contributed by atoms with Gasteiger partial charge in [-0.25, -0.2) is 0 Å². The normalized spacial score (nSPS) is 20.4. The minimum Gasteiger partial charge on any atom is -0.326 e. The van der Waals surface area contributed by atoms with E-state index in [9.17, 15) is 8.42 Å². The van der Waals surface area contributed by atoms with Crippen molar-refractivity contribution in [1.82, 2.24) is 4.31 Å². The molecule has 0 aliphatic carbocycles. The maximum atomic E-state index is 12.8. The lowest BCUT2D eigenvalue weighted by atomic mass is 10.0. The Morgan fingerprint density at radius 1 is 1.33 bits per heavy atom. The highest BCUT2D eigenvalue weighted by atomic mass is 32.2. The van der Waals surface area contributed by atoms with Crippen LogP contribution in [0.2, 0.25) is 0 Å². The number of piperidine rings is 1. The van der Waals surface area contributed by atoms with Crippen LogP contribution >= 0.6 is 0 Å². The molecule has 1 atom stereocenters. The zero-order valence-corrected chi connectivity index (χ0v) is 13.6. The molecule has 0 spiro atoms. The summed E-state index contributed by atoms with van der Waals surface area (Å²) < 4.78 is 28.8. The van der Waals surface area contributed by atoms with E-state index in [-0.39, 0.29) is 0 Å². The first-order valence-electron chi connectivity index (χ1n) is 7.55. The van der Waals surface area contributed by atoms with Crippen LogP contribution in [0.15, 0.2) is 24.3 Å². The highest BCUT2D eigenvalue weighted by molar-refractivity contribution is 7.90. The van der Waals surface area contributed by atoms with Gasteiger partial charge in [-0.15, -0.1) is 0 Å². The molecule has 0 bridgehead atoms. The van der Waals surface area contributed by atoms with Crippen molar-refractivity contribution in [3.8, 4) is 0 Å². The maximum absolute atomic E-state index is 12.8. The van der Waals surface area contributed by atoms with Gasteiger partial charge in [0, 0.05) is 26.2 Å². The molecule has 1 heterocycles. The van der Waals surface area contributed by atoms with E-state index in [1.165, 1.54) is 4.31 Å². The second-order valence-electron chi connectivity index (χ2n) is 5.65. The standard InChI is InChI=1S/C15H25N3O2S/c1-3-18(15-8-6-14(11-16)7-9-15)21(19,20)17-10-4-5-13(2)12-17/h6-9,13H,3-5,10-12,16H2,1-2H3. The summed E-state index contributed by atoms with van der Waals surface area (Å²) in [6.07, 6.45) is 2.04. The number of nitrogens with zero attached hydrogens (tertiary/aromatic N) is 2. The van der Waals surface area contributed by atoms with E-state index in [1.54, 1.807) is 4.31 Å². The average Bonchev–Trinajstić information content (AvgIpc) is 2.48. The Hall–Kier alpha value is -1.11. The molecule has 21 heavy (non-hydrogen) atoms. The zero-order chi connectivity index (χ0) is 15.5. The summed E-state index contributed by atoms with van der Waals surface area (Å²) in [6.45, 7) is 6.08. The summed E-state index contributed by atoms with van der Waals surface area (Å²) in [5.41, 5.74) is 7.29. The van der Waals surface area contributed by atoms with Crippen molar-refractivity contribution in [2.75, 3.05) is 23.9 Å². The molecule has 118 valence electrons. The minimum absolute atomic E-state index is 0.423. The van der Waals surface area contributed by atoms with Crippen LogP contribution in [0.4, 0.5) is 5.69 Å². The molecule has 1 saturated heterocycles. The van der Waals surface area contributed by atoms with E-state index in [0.717, 1.165) is 18.4 Å². The first kappa shape index (κ1) is 16.3. The van der Waals surface area contributed by atoms with Crippen molar-refractivity contribution in [3.05, 3.63) is 29.8 Å². The number of nitrogens with two attached hydrogens (primary N) is 1. The van der Waals surface area contributed by atoms with Gasteiger partial charge in [-0.3, -0.25) is 4.31 Å². The predicted octanol–water partition coefficient (Wildman–Crippen LogP) is 1.95. The maximum Gasteiger partial charge on any atom is 0.304 e. The Labute approximate surface area is 127 Å². The number of anilines is 1. The molecule has 6 heteroatoms. The summed E-state index contributed by atoms with van der Waals surface area (Å²) in [5, 5.41) is 0. The highest BCUT2D eigenvalue weighted by Crippen LogP contribution is 2.25. The molecule has 0 aromatic heterocycles. The van der Waals surface area contributed by atoms with E-state index in [2.05, 4.69) is 6.92 Å². The molecule has 0 radical (unpaired) electrons. The topological polar surface area (TPSA) is 66.6 Å². The van der Waals surface area contributed by atoms with Crippen LogP contribution in [0.25, 0.3) is 0 Å². The Kier molecular flexibility index (Phi) is 5.24. The largest absolute Gasteiger partial charge is 0.326 e. The van der Waals surface area contributed by atoms with E-state index < -0.39 is 10.2 Å². The number of rotatable bonds is 5. The van der Waals surface area contributed by atoms with Crippen LogP contribution in [0.3, 0.4) is 0 Å². The molecule has 2 N–H and O–H groups in total. The van der Waals surface area contributed by atoms with Crippen LogP contribution in [-0.2, 0) is 16.8 Å². The second kappa shape index (κ2) is 6.77. The first-order valence-corrected chi connectivity index (χ1v) is 8.95. The fourth-order valence-electron chi connectivity index (χ4n) is 2.77. The molecule has 1 aliphatic rings. The lowest BCUT2D eigenvalue weighted by Crippen LogP contribution is -2.47. The average molecular weight is 311 g/mol. The smallest absolute Gasteiger partial charge is 0.304 e. The number of hydrogen-bond donors (Lipinski definition) is 1. The molecule has 1 fully saturated rings. The van der Waals surface area contributed by atoms with Crippen LogP contribution in [0, 0.1) is 5.92 Å². The van der Waals surface area contributed by atoms with Crippen molar-refractivity contribution >= 4 is 15.9 Å². The molecular weight excluding hydrogens is 286 g/mol. The second-order valence-corrected chi connectivity index (χ2v) is 7.50. The summed E-state index contributed by atoms with van der Waals surface area (Å²) >= 11 is 0. The molecule has 1 aromatic carbocycles. The Morgan fingerprint density at radius 2 is 2.00 bits per heavy atom. The van der Waals surface area contributed by atoms with Crippen LogP contribution in [0.5, 0.6) is 0 Å². The monoisotopic (exact) mass is 311 g/mol. The lowest BCUT2D eigenvalue weighted by Gasteiger charge is -2.35. The van der Waals surface area contributed by atoms with E-state index in [1.807, 2.05) is 31.2 Å². The molecule has 5 nitrogen and oxygen atoms in total. The Balaban J connectivity index is 2.25. The van der Waals surface area contributed by atoms with Crippen LogP contribution in [0.1, 0.15) is 32.3 Å². The quantitative estimate of drug-likeness (QED) is 0.904. The SMILES string of the molecule is CCN(c1ccc(CN)cc1)S(=O)(=O)N1CCCC(C)C1. The summed E-state index contributed by atoms with van der Waals surface area (Å²) in [7, 11) is -3.44. The molecule has 1 aliphatic heterocycles. The van der Waals surface area contributed by atoms with Gasteiger partial charge >= 0.3 is 10.2 Å². The van der Waals surface area contributed by atoms with Crippen molar-refractivity contribution in [2.24, 2.45) is 11.7 Å². The van der Waals surface area contributed by atoms with Gasteiger partial charge in [0.1, 0.15) is 0 Å². The summed E-state index contributed by atoms with van der Waals surface area (Å²) in [4.78, 5) is 0. The van der Waals surface area contributed by atoms with Crippen molar-refractivity contribution in [1.29, 1.82) is 0 Å². The fourth-order valence-corrected chi connectivity index (χ4v) is 4.57. The van der Waals surface area contributed by atoms with Gasteiger partial charge in [-0.05, 0) is 43.4 Å². The highest BCUT2D eigenvalue weighted by Gasteiger charge is 2.31. The first-order chi connectivity index (χ1) is 9.98. The molecule has 1 unspecified atom stereocenters. The van der Waals surface area contributed by atoms with Gasteiger partial charge in [0.25, 0.3) is 0 Å². The van der Waals surface area contributed by atoms with E-state index >= 15 is 0 Å². The predicted molar refractivity (Wildman–Crippen MR) is 86.2 cm³/mol. The third kappa shape index (κ3) is 3.56. The Morgan fingerprint density at radius 3 is 2.52 bits per heavy atom. The third-order valence-electron chi connectivity index (χ3n) is 3.97. The van der Waals surface area contributed by atoms with Gasteiger partial charge in [0.05, 0.1) is 5.69 Å². The van der Waals surface area contributed by atoms with Crippen molar-refractivity contribution < 1.29 is 8.42 Å². The number of benzene rings is 1. The van der Waals surface area contributed by atoms with Crippen LogP contribution in [-0.4, -0.2) is 32.4 Å². The Bertz CT molecular complexity index is 557. The van der Waals surface area contributed by atoms with E-state index in [0.29, 0.717) is 37.8 Å². The van der Waals surface area contributed by atoms with Gasteiger partial charge in [0.15, 0.2) is 0 Å². The third-order valence-corrected chi connectivity index (χ3v) is 5.98. The lowest BCUT2D eigenvalue weighted by molar-refractivity contribution is 0.280. The fraction of sp³-hybridized carbons (Fsp3) is 0.600. The molecular formula is C15H25N3O2S. The van der Waals surface area contributed by atoms with Gasteiger partial charge in [0.2, 0.25) is 0 Å². The molecule has 2 rings (SSSR count). The van der Waals surface area contributed by atoms with Crippen molar-refractivity contribution in [2.45, 2.75) is 33.2 Å². The summed E-state index contributed by atoms with van der Waals surface area (Å²) in [6, 6.07) is 7.42. The van der Waals surface area contributed by atoms with Gasteiger partial charge in [-0.2, -0.15) is 12.7 Å². The number of hydrogen-bond acceptors (Lipinski definition) is 3. The minimum atomic E-state index is -3.44. The molecule has 1 aromatic rings. The van der Waals surface area contributed by atoms with Gasteiger partial charge in [-0.1, -0.05) is 19.1 Å². The summed E-state index contributed by atoms with van der Waals surface area (Å²) in [5.74, 6) is 0.423. The van der Waals surface area contributed by atoms with Crippen molar-refractivity contribution in [3.63, 3.8) is 0 Å². The molecule has 0 amide bonds. The van der Waals surface area contributed by atoms with E-state index in [4.69, 9.17) is 5.73 Å². The zero-order valence-electron chi connectivity index (χ0n) is 12.8. The van der Waals surface area contributed by atoms with Gasteiger partial charge < -0.3 is 5.73 Å². The van der Waals surface area contributed by atoms with Crippen LogP contribution < -0.4 is 10.0 Å². The molecule has 0 saturated carbocycles.